The molecule has 0 radical (unpaired) electrons. The average Bonchev–Trinajstić information content (AvgIpc) is 2.09. The van der Waals surface area contributed by atoms with Crippen molar-refractivity contribution in [2.24, 2.45) is 5.92 Å². The summed E-state index contributed by atoms with van der Waals surface area (Å²) < 4.78 is 14.0. The highest BCUT2D eigenvalue weighted by Crippen LogP contribution is 2.38. The highest BCUT2D eigenvalue weighted by molar-refractivity contribution is 5.96. The zero-order valence-corrected chi connectivity index (χ0v) is 8.01. The van der Waals surface area contributed by atoms with Gasteiger partial charge in [0, 0.05) is 18.4 Å². The monoisotopic (exact) mass is 186 g/mol. The van der Waals surface area contributed by atoms with Crippen LogP contribution in [0.15, 0.2) is 11.8 Å². The third kappa shape index (κ3) is 1.90. The molecule has 0 saturated heterocycles. The molecule has 0 heterocycles. The standard InChI is InChI=1S/C10H15FO2/c1-7(2)10(11)4-3-9(13)8(5-10)6-12/h6-7,12H,3-5H2,1-2H3. The quantitative estimate of drug-likeness (QED) is 0.504. The summed E-state index contributed by atoms with van der Waals surface area (Å²) in [6.07, 6.45) is 1.29. The van der Waals surface area contributed by atoms with Crippen LogP contribution in [0.3, 0.4) is 0 Å². The number of hydrogen-bond acceptors (Lipinski definition) is 2. The maximum atomic E-state index is 14.0. The molecule has 0 aromatic heterocycles. The molecule has 0 aromatic carbocycles. The van der Waals surface area contributed by atoms with Crippen molar-refractivity contribution in [2.75, 3.05) is 0 Å². The Morgan fingerprint density at radius 2 is 2.23 bits per heavy atom. The number of carbonyl (C=O) groups excluding carboxylic acids is 1. The number of Topliss-reactive ketones (excluding diaryl/α,β-unsaturated/α-hetero) is 1. The van der Waals surface area contributed by atoms with Gasteiger partial charge in [0.25, 0.3) is 0 Å². The van der Waals surface area contributed by atoms with Crippen LogP contribution < -0.4 is 0 Å². The van der Waals surface area contributed by atoms with E-state index in [0.717, 1.165) is 6.26 Å². The third-order valence-electron chi connectivity index (χ3n) is 2.80. The van der Waals surface area contributed by atoms with E-state index >= 15 is 0 Å². The van der Waals surface area contributed by atoms with E-state index in [9.17, 15) is 9.18 Å². The van der Waals surface area contributed by atoms with Crippen molar-refractivity contribution >= 4 is 5.78 Å². The summed E-state index contributed by atoms with van der Waals surface area (Å²) in [5, 5.41) is 8.73. The molecule has 3 heteroatoms. The van der Waals surface area contributed by atoms with E-state index < -0.39 is 5.67 Å². The molecule has 13 heavy (non-hydrogen) atoms. The summed E-state index contributed by atoms with van der Waals surface area (Å²) in [6.45, 7) is 3.59. The fraction of sp³-hybridized carbons (Fsp3) is 0.700. The van der Waals surface area contributed by atoms with Crippen molar-refractivity contribution in [3.63, 3.8) is 0 Å². The highest BCUT2D eigenvalue weighted by atomic mass is 19.1. The molecular weight excluding hydrogens is 171 g/mol. The number of allylic oxidation sites excluding steroid dienone is 1. The van der Waals surface area contributed by atoms with Crippen LogP contribution in [0.5, 0.6) is 0 Å². The summed E-state index contributed by atoms with van der Waals surface area (Å²) in [4.78, 5) is 11.1. The fourth-order valence-corrected chi connectivity index (χ4v) is 1.60. The predicted molar refractivity (Wildman–Crippen MR) is 48.2 cm³/mol. The number of rotatable bonds is 1. The lowest BCUT2D eigenvalue weighted by atomic mass is 9.76. The highest BCUT2D eigenvalue weighted by Gasteiger charge is 2.40. The van der Waals surface area contributed by atoms with Gasteiger partial charge in [0.05, 0.1) is 6.26 Å². The first-order chi connectivity index (χ1) is 5.99. The smallest absolute Gasteiger partial charge is 0.162 e. The minimum absolute atomic E-state index is 0.0556. The second-order valence-electron chi connectivity index (χ2n) is 3.94. The Labute approximate surface area is 77.4 Å². The van der Waals surface area contributed by atoms with E-state index in [0.29, 0.717) is 0 Å². The number of alkyl halides is 1. The number of halogens is 1. The summed E-state index contributed by atoms with van der Waals surface area (Å²) in [6, 6.07) is 0. The first kappa shape index (κ1) is 10.2. The van der Waals surface area contributed by atoms with Crippen molar-refractivity contribution < 1.29 is 14.3 Å². The predicted octanol–water partition coefficient (Wildman–Crippen LogP) is 2.55. The number of carbonyl (C=O) groups is 1. The molecule has 1 saturated carbocycles. The van der Waals surface area contributed by atoms with Gasteiger partial charge in [-0.05, 0) is 12.3 Å². The van der Waals surface area contributed by atoms with Crippen molar-refractivity contribution in [1.29, 1.82) is 0 Å². The van der Waals surface area contributed by atoms with Gasteiger partial charge in [-0.1, -0.05) is 13.8 Å². The molecule has 2 nitrogen and oxygen atoms in total. The molecule has 0 spiro atoms. The normalized spacial score (nSPS) is 32.9. The summed E-state index contributed by atoms with van der Waals surface area (Å²) in [5.74, 6) is -0.244. The molecule has 1 fully saturated rings. The van der Waals surface area contributed by atoms with Crippen molar-refractivity contribution in [3.05, 3.63) is 11.8 Å². The Morgan fingerprint density at radius 3 is 2.69 bits per heavy atom. The Bertz CT molecular complexity index is 245. The number of hydrogen-bond donors (Lipinski definition) is 1. The molecule has 1 unspecified atom stereocenters. The largest absolute Gasteiger partial charge is 0.515 e. The Hall–Kier alpha value is -0.860. The molecule has 1 atom stereocenters. The second kappa shape index (κ2) is 3.48. The van der Waals surface area contributed by atoms with E-state index in [2.05, 4.69) is 0 Å². The molecule has 74 valence electrons. The minimum Gasteiger partial charge on any atom is -0.515 e. The number of aliphatic hydroxyl groups excluding tert-OH is 1. The molecule has 1 rings (SSSR count). The Morgan fingerprint density at radius 1 is 1.62 bits per heavy atom. The van der Waals surface area contributed by atoms with Crippen LogP contribution in [0.4, 0.5) is 4.39 Å². The lowest BCUT2D eigenvalue weighted by Crippen LogP contribution is -2.36. The van der Waals surface area contributed by atoms with Crippen molar-refractivity contribution in [3.8, 4) is 0 Å². The van der Waals surface area contributed by atoms with Gasteiger partial charge in [-0.2, -0.15) is 0 Å². The van der Waals surface area contributed by atoms with Gasteiger partial charge in [0.15, 0.2) is 5.78 Å². The van der Waals surface area contributed by atoms with Gasteiger partial charge in [-0.3, -0.25) is 4.79 Å². The van der Waals surface area contributed by atoms with E-state index in [4.69, 9.17) is 5.11 Å². The molecule has 0 aliphatic heterocycles. The van der Waals surface area contributed by atoms with Crippen LogP contribution in [0.1, 0.15) is 33.1 Å². The molecule has 0 bridgehead atoms. The van der Waals surface area contributed by atoms with Crippen LogP contribution >= 0.6 is 0 Å². The molecule has 0 amide bonds. The summed E-state index contributed by atoms with van der Waals surface area (Å²) >= 11 is 0. The van der Waals surface area contributed by atoms with Crippen molar-refractivity contribution in [2.45, 2.75) is 38.8 Å². The maximum Gasteiger partial charge on any atom is 0.162 e. The van der Waals surface area contributed by atoms with Gasteiger partial charge in [-0.15, -0.1) is 0 Å². The number of ketones is 1. The molecule has 1 aliphatic carbocycles. The van der Waals surface area contributed by atoms with E-state index in [1.54, 1.807) is 13.8 Å². The summed E-state index contributed by atoms with van der Waals surface area (Å²) in [7, 11) is 0. The lowest BCUT2D eigenvalue weighted by Gasteiger charge is -2.33. The minimum atomic E-state index is -1.32. The topological polar surface area (TPSA) is 37.3 Å². The fourth-order valence-electron chi connectivity index (χ4n) is 1.60. The van der Waals surface area contributed by atoms with Gasteiger partial charge in [0.2, 0.25) is 0 Å². The van der Waals surface area contributed by atoms with Crippen LogP contribution in [0, 0.1) is 5.92 Å². The maximum absolute atomic E-state index is 14.0. The molecule has 1 N–H and O–H groups in total. The zero-order chi connectivity index (χ0) is 10.1. The van der Waals surface area contributed by atoms with Gasteiger partial charge in [-0.25, -0.2) is 4.39 Å². The molecule has 1 aliphatic rings. The Kier molecular flexibility index (Phi) is 2.74. The van der Waals surface area contributed by atoms with Gasteiger partial charge < -0.3 is 5.11 Å². The summed E-state index contributed by atoms with van der Waals surface area (Å²) in [5.41, 5.74) is -1.09. The average molecular weight is 186 g/mol. The van der Waals surface area contributed by atoms with E-state index in [-0.39, 0.29) is 36.5 Å². The van der Waals surface area contributed by atoms with Crippen LogP contribution in [-0.4, -0.2) is 16.6 Å². The first-order valence-corrected chi connectivity index (χ1v) is 4.55. The van der Waals surface area contributed by atoms with Crippen LogP contribution in [0.2, 0.25) is 0 Å². The second-order valence-corrected chi connectivity index (χ2v) is 3.94. The van der Waals surface area contributed by atoms with Crippen LogP contribution in [-0.2, 0) is 4.79 Å². The van der Waals surface area contributed by atoms with Gasteiger partial charge in [0.1, 0.15) is 5.67 Å². The number of aliphatic hydroxyl groups is 1. The van der Waals surface area contributed by atoms with E-state index in [1.807, 2.05) is 0 Å². The Balaban J connectivity index is 2.81. The van der Waals surface area contributed by atoms with Gasteiger partial charge >= 0.3 is 0 Å². The van der Waals surface area contributed by atoms with Crippen molar-refractivity contribution in [1.82, 2.24) is 0 Å². The molecule has 0 aromatic rings. The lowest BCUT2D eigenvalue weighted by molar-refractivity contribution is -0.119. The third-order valence-corrected chi connectivity index (χ3v) is 2.80. The van der Waals surface area contributed by atoms with Crippen LogP contribution in [0.25, 0.3) is 0 Å². The SMILES string of the molecule is CC(C)C1(F)CCC(=O)C(=CO)C1. The molecular formula is C10H15FO2. The first-order valence-electron chi connectivity index (χ1n) is 4.55. The van der Waals surface area contributed by atoms with E-state index in [1.165, 1.54) is 0 Å². The zero-order valence-electron chi connectivity index (χ0n) is 8.01.